The van der Waals surface area contributed by atoms with Crippen LogP contribution >= 0.6 is 0 Å². The van der Waals surface area contributed by atoms with Gasteiger partial charge < -0.3 is 19.3 Å². The number of rotatable bonds is 7. The molecular formula is C15H22N2O4. The van der Waals surface area contributed by atoms with E-state index in [1.54, 1.807) is 7.11 Å². The maximum absolute atomic E-state index is 12.5. The Morgan fingerprint density at radius 3 is 3.00 bits per heavy atom. The molecule has 0 spiro atoms. The zero-order chi connectivity index (χ0) is 15.2. The third kappa shape index (κ3) is 4.07. The fraction of sp³-hybridized carbons (Fsp3) is 0.600. The van der Waals surface area contributed by atoms with Crippen molar-refractivity contribution in [3.63, 3.8) is 0 Å². The Morgan fingerprint density at radius 1 is 1.48 bits per heavy atom. The molecule has 2 rings (SSSR count). The van der Waals surface area contributed by atoms with Crippen LogP contribution in [0.3, 0.4) is 0 Å². The molecule has 1 aromatic heterocycles. The number of carbonyl (C=O) groups excluding carboxylic acids is 1. The van der Waals surface area contributed by atoms with Gasteiger partial charge in [-0.25, -0.2) is 0 Å². The lowest BCUT2D eigenvalue weighted by Crippen LogP contribution is -2.30. The van der Waals surface area contributed by atoms with E-state index in [1.165, 1.54) is 0 Å². The molecule has 6 heteroatoms. The van der Waals surface area contributed by atoms with Crippen LogP contribution in [-0.2, 0) is 16.1 Å². The summed E-state index contributed by atoms with van der Waals surface area (Å²) in [6.45, 7) is 2.58. The molecule has 116 valence electrons. The van der Waals surface area contributed by atoms with Crippen LogP contribution in [0.25, 0.3) is 0 Å². The highest BCUT2D eigenvalue weighted by atomic mass is 16.5. The SMILES string of the molecule is COCCn1cccc1C(=O)N1CCC(CCC(=O)O)C1. The third-order valence-corrected chi connectivity index (χ3v) is 3.92. The first-order valence-corrected chi connectivity index (χ1v) is 7.27. The molecule has 2 heterocycles. The highest BCUT2D eigenvalue weighted by Crippen LogP contribution is 2.22. The molecule has 1 N–H and O–H groups in total. The van der Waals surface area contributed by atoms with E-state index in [0.717, 1.165) is 6.42 Å². The molecule has 1 aromatic rings. The molecule has 0 saturated carbocycles. The van der Waals surface area contributed by atoms with Crippen molar-refractivity contribution >= 4 is 11.9 Å². The van der Waals surface area contributed by atoms with Crippen molar-refractivity contribution in [3.05, 3.63) is 24.0 Å². The van der Waals surface area contributed by atoms with Crippen molar-refractivity contribution in [3.8, 4) is 0 Å². The summed E-state index contributed by atoms with van der Waals surface area (Å²) >= 11 is 0. The van der Waals surface area contributed by atoms with Crippen LogP contribution in [0.4, 0.5) is 0 Å². The second kappa shape index (κ2) is 7.26. The highest BCUT2D eigenvalue weighted by Gasteiger charge is 2.28. The number of carboxylic acid groups (broad SMARTS) is 1. The molecule has 1 amide bonds. The summed E-state index contributed by atoms with van der Waals surface area (Å²) in [6, 6.07) is 3.68. The van der Waals surface area contributed by atoms with Gasteiger partial charge in [-0.3, -0.25) is 9.59 Å². The average Bonchev–Trinajstić information content (AvgIpc) is 3.11. The number of ether oxygens (including phenoxy) is 1. The quantitative estimate of drug-likeness (QED) is 0.826. The number of methoxy groups -OCH3 is 1. The van der Waals surface area contributed by atoms with Gasteiger partial charge in [-0.1, -0.05) is 0 Å². The Hall–Kier alpha value is -1.82. The average molecular weight is 294 g/mol. The van der Waals surface area contributed by atoms with Crippen molar-refractivity contribution in [2.45, 2.75) is 25.8 Å². The van der Waals surface area contributed by atoms with Crippen molar-refractivity contribution in [1.82, 2.24) is 9.47 Å². The molecule has 1 saturated heterocycles. The Kier molecular flexibility index (Phi) is 5.38. The lowest BCUT2D eigenvalue weighted by Gasteiger charge is -2.18. The van der Waals surface area contributed by atoms with Gasteiger partial charge in [-0.2, -0.15) is 0 Å². The summed E-state index contributed by atoms with van der Waals surface area (Å²) in [5.41, 5.74) is 0.672. The van der Waals surface area contributed by atoms with Crippen LogP contribution in [0.1, 0.15) is 29.8 Å². The molecule has 0 aliphatic carbocycles. The van der Waals surface area contributed by atoms with Gasteiger partial charge in [0, 0.05) is 39.4 Å². The predicted octanol–water partition coefficient (Wildman–Crippen LogP) is 1.46. The number of hydrogen-bond acceptors (Lipinski definition) is 3. The maximum Gasteiger partial charge on any atom is 0.303 e. The van der Waals surface area contributed by atoms with Gasteiger partial charge >= 0.3 is 5.97 Å². The van der Waals surface area contributed by atoms with Gasteiger partial charge in [0.2, 0.25) is 0 Å². The molecule has 0 aromatic carbocycles. The standard InChI is InChI=1S/C15H22N2O4/c1-21-10-9-16-7-2-3-13(16)15(20)17-8-6-12(11-17)4-5-14(18)19/h2-3,7,12H,4-6,8-11H2,1H3,(H,18,19). The molecule has 0 bridgehead atoms. The molecule has 1 atom stereocenters. The summed E-state index contributed by atoms with van der Waals surface area (Å²) in [4.78, 5) is 25.0. The van der Waals surface area contributed by atoms with E-state index in [4.69, 9.17) is 9.84 Å². The van der Waals surface area contributed by atoms with Crippen LogP contribution < -0.4 is 0 Å². The van der Waals surface area contributed by atoms with Gasteiger partial charge in [-0.05, 0) is 30.9 Å². The summed E-state index contributed by atoms with van der Waals surface area (Å²) in [6.07, 6.45) is 3.59. The number of nitrogens with zero attached hydrogens (tertiary/aromatic N) is 2. The molecule has 1 aliphatic heterocycles. The second-order valence-electron chi connectivity index (χ2n) is 5.42. The normalized spacial score (nSPS) is 18.1. The lowest BCUT2D eigenvalue weighted by atomic mass is 10.0. The zero-order valence-corrected chi connectivity index (χ0v) is 12.3. The molecular weight excluding hydrogens is 272 g/mol. The van der Waals surface area contributed by atoms with Gasteiger partial charge in [0.25, 0.3) is 5.91 Å². The Balaban J connectivity index is 1.92. The highest BCUT2D eigenvalue weighted by molar-refractivity contribution is 5.93. The molecule has 1 aliphatic rings. The van der Waals surface area contributed by atoms with E-state index in [0.29, 0.717) is 44.3 Å². The number of aliphatic carboxylic acids is 1. The lowest BCUT2D eigenvalue weighted by molar-refractivity contribution is -0.137. The van der Waals surface area contributed by atoms with E-state index < -0.39 is 5.97 Å². The number of carboxylic acids is 1. The van der Waals surface area contributed by atoms with Crippen molar-refractivity contribution < 1.29 is 19.4 Å². The third-order valence-electron chi connectivity index (χ3n) is 3.92. The minimum atomic E-state index is -0.770. The summed E-state index contributed by atoms with van der Waals surface area (Å²) in [5, 5.41) is 8.72. The monoisotopic (exact) mass is 294 g/mol. The van der Waals surface area contributed by atoms with E-state index in [2.05, 4.69) is 0 Å². The van der Waals surface area contributed by atoms with E-state index >= 15 is 0 Å². The zero-order valence-electron chi connectivity index (χ0n) is 12.3. The van der Waals surface area contributed by atoms with Gasteiger partial charge in [0.15, 0.2) is 0 Å². The topological polar surface area (TPSA) is 71.8 Å². The van der Waals surface area contributed by atoms with Crippen LogP contribution in [0.2, 0.25) is 0 Å². The number of hydrogen-bond donors (Lipinski definition) is 1. The molecule has 1 fully saturated rings. The van der Waals surface area contributed by atoms with Gasteiger partial charge in [-0.15, -0.1) is 0 Å². The van der Waals surface area contributed by atoms with Gasteiger partial charge in [0.1, 0.15) is 5.69 Å². The van der Waals surface area contributed by atoms with Crippen molar-refractivity contribution in [1.29, 1.82) is 0 Å². The summed E-state index contributed by atoms with van der Waals surface area (Å²) in [7, 11) is 1.64. The maximum atomic E-state index is 12.5. The second-order valence-corrected chi connectivity index (χ2v) is 5.42. The van der Waals surface area contributed by atoms with E-state index in [9.17, 15) is 9.59 Å². The number of carbonyl (C=O) groups is 2. The molecule has 0 radical (unpaired) electrons. The fourth-order valence-electron chi connectivity index (χ4n) is 2.74. The fourth-order valence-corrected chi connectivity index (χ4v) is 2.74. The minimum absolute atomic E-state index is 0.0222. The van der Waals surface area contributed by atoms with Crippen molar-refractivity contribution in [2.24, 2.45) is 5.92 Å². The van der Waals surface area contributed by atoms with Gasteiger partial charge in [0.05, 0.1) is 6.61 Å². The number of amides is 1. The smallest absolute Gasteiger partial charge is 0.303 e. The molecule has 6 nitrogen and oxygen atoms in total. The first-order valence-electron chi connectivity index (χ1n) is 7.27. The molecule has 21 heavy (non-hydrogen) atoms. The predicted molar refractivity (Wildman–Crippen MR) is 77.2 cm³/mol. The van der Waals surface area contributed by atoms with E-state index in [-0.39, 0.29) is 12.3 Å². The van der Waals surface area contributed by atoms with Crippen LogP contribution in [0.15, 0.2) is 18.3 Å². The van der Waals surface area contributed by atoms with Crippen LogP contribution in [-0.4, -0.2) is 53.3 Å². The Bertz CT molecular complexity index is 498. The summed E-state index contributed by atoms with van der Waals surface area (Å²) in [5.74, 6) is -0.449. The first kappa shape index (κ1) is 15.6. The minimum Gasteiger partial charge on any atom is -0.481 e. The number of likely N-dealkylation sites (tertiary alicyclic amines) is 1. The Labute approximate surface area is 124 Å². The van der Waals surface area contributed by atoms with E-state index in [1.807, 2.05) is 27.8 Å². The molecule has 1 unspecified atom stereocenters. The number of aromatic nitrogens is 1. The van der Waals surface area contributed by atoms with Crippen molar-refractivity contribution in [2.75, 3.05) is 26.8 Å². The van der Waals surface area contributed by atoms with Crippen LogP contribution in [0, 0.1) is 5.92 Å². The largest absolute Gasteiger partial charge is 0.481 e. The Morgan fingerprint density at radius 2 is 2.29 bits per heavy atom. The summed E-state index contributed by atoms with van der Waals surface area (Å²) < 4.78 is 6.94. The van der Waals surface area contributed by atoms with Crippen LogP contribution in [0.5, 0.6) is 0 Å². The first-order chi connectivity index (χ1) is 10.1.